The molecular weight excluding hydrogens is 270 g/mol. The van der Waals surface area contributed by atoms with Gasteiger partial charge in [-0.25, -0.2) is 0 Å². The first kappa shape index (κ1) is 16.7. The van der Waals surface area contributed by atoms with Gasteiger partial charge in [-0.3, -0.25) is 0 Å². The molecule has 0 aromatic heterocycles. The predicted molar refractivity (Wildman–Crippen MR) is 94.2 cm³/mol. The summed E-state index contributed by atoms with van der Waals surface area (Å²) in [6, 6.07) is 1.47. The number of likely N-dealkylation sites (tertiary alicyclic amines) is 3. The molecule has 3 nitrogen and oxygen atoms in total. The number of hydrogen-bond acceptors (Lipinski definition) is 3. The van der Waals surface area contributed by atoms with Gasteiger partial charge in [0.15, 0.2) is 0 Å². The van der Waals surface area contributed by atoms with Gasteiger partial charge in [0.25, 0.3) is 0 Å². The quantitative estimate of drug-likeness (QED) is 0.791. The highest BCUT2D eigenvalue weighted by atomic mass is 15.2. The zero-order valence-electron chi connectivity index (χ0n) is 15.4. The topological polar surface area (TPSA) is 9.72 Å². The summed E-state index contributed by atoms with van der Waals surface area (Å²) in [4.78, 5) is 8.08. The molecule has 0 N–H and O–H groups in total. The molecule has 0 bridgehead atoms. The molecule has 0 atom stereocenters. The van der Waals surface area contributed by atoms with Crippen molar-refractivity contribution in [1.82, 2.24) is 14.7 Å². The summed E-state index contributed by atoms with van der Waals surface area (Å²) in [6.45, 7) is 18.8. The smallest absolute Gasteiger partial charge is 0.00516 e. The lowest BCUT2D eigenvalue weighted by atomic mass is 9.71. The van der Waals surface area contributed by atoms with Crippen LogP contribution in [0.4, 0.5) is 0 Å². The van der Waals surface area contributed by atoms with Gasteiger partial charge in [-0.1, -0.05) is 0 Å². The lowest BCUT2D eigenvalue weighted by molar-refractivity contribution is -0.0613. The average molecular weight is 308 g/mol. The second kappa shape index (κ2) is 6.78. The predicted octanol–water partition coefficient (Wildman–Crippen LogP) is 2.91. The highest BCUT2D eigenvalue weighted by Gasteiger charge is 2.45. The molecule has 3 aliphatic heterocycles. The summed E-state index contributed by atoms with van der Waals surface area (Å²) >= 11 is 0. The Balaban J connectivity index is 1.36. The Morgan fingerprint density at radius 2 is 1.32 bits per heavy atom. The highest BCUT2D eigenvalue weighted by Crippen LogP contribution is 2.41. The minimum Gasteiger partial charge on any atom is -0.302 e. The first-order chi connectivity index (χ1) is 10.5. The molecule has 3 rings (SSSR count). The number of nitrogens with zero attached hydrogens (tertiary/aromatic N) is 3. The fraction of sp³-hybridized carbons (Fsp3) is 1.00. The van der Waals surface area contributed by atoms with E-state index in [-0.39, 0.29) is 0 Å². The van der Waals surface area contributed by atoms with Crippen molar-refractivity contribution in [2.24, 2.45) is 11.3 Å². The largest absolute Gasteiger partial charge is 0.302 e. The molecule has 0 amide bonds. The van der Waals surface area contributed by atoms with Gasteiger partial charge in [0.2, 0.25) is 0 Å². The molecule has 3 aliphatic rings. The van der Waals surface area contributed by atoms with E-state index in [0.29, 0.717) is 5.41 Å². The molecule has 3 heterocycles. The summed E-state index contributed by atoms with van der Waals surface area (Å²) in [5.41, 5.74) is 0.698. The Hall–Kier alpha value is -0.120. The van der Waals surface area contributed by atoms with Crippen molar-refractivity contribution in [3.63, 3.8) is 0 Å². The van der Waals surface area contributed by atoms with Gasteiger partial charge in [-0.2, -0.15) is 0 Å². The Labute approximate surface area is 138 Å². The minimum atomic E-state index is 0.698. The van der Waals surface area contributed by atoms with Crippen molar-refractivity contribution in [1.29, 1.82) is 0 Å². The number of piperidine rings is 2. The van der Waals surface area contributed by atoms with E-state index >= 15 is 0 Å². The Kier molecular flexibility index (Phi) is 5.16. The van der Waals surface area contributed by atoms with Gasteiger partial charge in [-0.15, -0.1) is 0 Å². The van der Waals surface area contributed by atoms with Crippen LogP contribution in [0.5, 0.6) is 0 Å². The van der Waals surface area contributed by atoms with E-state index in [0.717, 1.165) is 18.0 Å². The summed E-state index contributed by atoms with van der Waals surface area (Å²) < 4.78 is 0. The summed E-state index contributed by atoms with van der Waals surface area (Å²) in [5.74, 6) is 0.961. The molecule has 1 spiro atoms. The normalized spacial score (nSPS) is 28.6. The monoisotopic (exact) mass is 307 g/mol. The van der Waals surface area contributed by atoms with Crippen LogP contribution in [-0.4, -0.2) is 72.6 Å². The standard InChI is InChI=1S/C19H37N3/c1-16(2)21-9-5-18(6-10-21)13-20-14-19(15-20)7-11-22(12-8-19)17(3)4/h16-18H,5-15H2,1-4H3. The molecule has 0 aromatic carbocycles. The molecule has 128 valence electrons. The van der Waals surface area contributed by atoms with E-state index in [2.05, 4.69) is 42.4 Å². The van der Waals surface area contributed by atoms with Gasteiger partial charge >= 0.3 is 0 Å². The second-order valence-corrected chi connectivity index (χ2v) is 8.87. The maximum atomic E-state index is 2.76. The van der Waals surface area contributed by atoms with Crippen molar-refractivity contribution in [3.8, 4) is 0 Å². The van der Waals surface area contributed by atoms with E-state index in [1.807, 2.05) is 0 Å². The maximum Gasteiger partial charge on any atom is 0.00516 e. The van der Waals surface area contributed by atoms with Gasteiger partial charge in [0, 0.05) is 31.7 Å². The third-order valence-electron chi connectivity index (χ3n) is 6.60. The highest BCUT2D eigenvalue weighted by molar-refractivity contribution is 4.99. The van der Waals surface area contributed by atoms with Crippen LogP contribution in [0.1, 0.15) is 53.4 Å². The van der Waals surface area contributed by atoms with E-state index in [1.54, 1.807) is 0 Å². The minimum absolute atomic E-state index is 0.698. The summed E-state index contributed by atoms with van der Waals surface area (Å²) in [7, 11) is 0. The van der Waals surface area contributed by atoms with E-state index in [9.17, 15) is 0 Å². The van der Waals surface area contributed by atoms with Crippen LogP contribution < -0.4 is 0 Å². The Bertz CT molecular complexity index is 339. The fourth-order valence-corrected chi connectivity index (χ4v) is 4.88. The van der Waals surface area contributed by atoms with Crippen LogP contribution in [0.3, 0.4) is 0 Å². The molecule has 0 unspecified atom stereocenters. The van der Waals surface area contributed by atoms with Crippen molar-refractivity contribution in [3.05, 3.63) is 0 Å². The average Bonchev–Trinajstić information content (AvgIpc) is 2.46. The number of rotatable bonds is 4. The lowest BCUT2D eigenvalue weighted by Crippen LogP contribution is -2.61. The first-order valence-corrected chi connectivity index (χ1v) is 9.68. The van der Waals surface area contributed by atoms with Crippen molar-refractivity contribution >= 4 is 0 Å². The zero-order valence-corrected chi connectivity index (χ0v) is 15.4. The van der Waals surface area contributed by atoms with E-state index < -0.39 is 0 Å². The Morgan fingerprint density at radius 1 is 0.818 bits per heavy atom. The van der Waals surface area contributed by atoms with Crippen LogP contribution in [0.25, 0.3) is 0 Å². The van der Waals surface area contributed by atoms with Gasteiger partial charge in [0.05, 0.1) is 0 Å². The van der Waals surface area contributed by atoms with Gasteiger partial charge in [0.1, 0.15) is 0 Å². The lowest BCUT2D eigenvalue weighted by Gasteiger charge is -2.55. The molecular formula is C19H37N3. The SMILES string of the molecule is CC(C)N1CCC(CN2CC3(CCN(C(C)C)CC3)C2)CC1. The molecule has 3 saturated heterocycles. The molecule has 0 aliphatic carbocycles. The van der Waals surface area contributed by atoms with Crippen LogP contribution in [0, 0.1) is 11.3 Å². The van der Waals surface area contributed by atoms with Crippen LogP contribution in [-0.2, 0) is 0 Å². The summed E-state index contributed by atoms with van der Waals surface area (Å²) in [5, 5.41) is 0. The maximum absolute atomic E-state index is 2.76. The zero-order chi connectivity index (χ0) is 15.7. The molecule has 0 saturated carbocycles. The molecule has 22 heavy (non-hydrogen) atoms. The third-order valence-corrected chi connectivity index (χ3v) is 6.60. The van der Waals surface area contributed by atoms with Crippen molar-refractivity contribution in [2.45, 2.75) is 65.5 Å². The molecule has 3 fully saturated rings. The van der Waals surface area contributed by atoms with Crippen molar-refractivity contribution < 1.29 is 0 Å². The van der Waals surface area contributed by atoms with Crippen LogP contribution >= 0.6 is 0 Å². The van der Waals surface area contributed by atoms with E-state index in [1.165, 1.54) is 71.5 Å². The van der Waals surface area contributed by atoms with E-state index in [4.69, 9.17) is 0 Å². The Morgan fingerprint density at radius 3 is 1.82 bits per heavy atom. The van der Waals surface area contributed by atoms with Gasteiger partial charge in [-0.05, 0) is 90.9 Å². The second-order valence-electron chi connectivity index (χ2n) is 8.87. The molecule has 3 heteroatoms. The number of hydrogen-bond donors (Lipinski definition) is 0. The molecule has 0 radical (unpaired) electrons. The fourth-order valence-electron chi connectivity index (χ4n) is 4.88. The summed E-state index contributed by atoms with van der Waals surface area (Å²) in [6.07, 6.45) is 5.71. The van der Waals surface area contributed by atoms with Crippen LogP contribution in [0.2, 0.25) is 0 Å². The van der Waals surface area contributed by atoms with Crippen molar-refractivity contribution in [2.75, 3.05) is 45.8 Å². The molecule has 0 aromatic rings. The van der Waals surface area contributed by atoms with Gasteiger partial charge < -0.3 is 14.7 Å². The van der Waals surface area contributed by atoms with Crippen LogP contribution in [0.15, 0.2) is 0 Å². The third kappa shape index (κ3) is 3.68. The first-order valence-electron chi connectivity index (χ1n) is 9.68.